The van der Waals surface area contributed by atoms with Crippen molar-refractivity contribution in [3.05, 3.63) is 45.6 Å². The fraction of sp³-hybridized carbons (Fsp3) is 0.0769. The maximum atomic E-state index is 11.0. The second-order valence-corrected chi connectivity index (χ2v) is 5.81. The van der Waals surface area contributed by atoms with Crippen molar-refractivity contribution >= 4 is 38.9 Å². The second kappa shape index (κ2) is 4.99. The summed E-state index contributed by atoms with van der Waals surface area (Å²) < 4.78 is 6.63. The Morgan fingerprint density at radius 2 is 2.16 bits per heavy atom. The summed E-state index contributed by atoms with van der Waals surface area (Å²) in [6, 6.07) is 9.52. The zero-order valence-corrected chi connectivity index (χ0v) is 11.3. The van der Waals surface area contributed by atoms with Crippen LogP contribution < -0.4 is 4.74 Å². The van der Waals surface area contributed by atoms with E-state index in [1.165, 1.54) is 0 Å². The van der Waals surface area contributed by atoms with E-state index in [1.807, 2.05) is 24.3 Å². The lowest BCUT2D eigenvalue weighted by molar-refractivity contribution is 0.0697. The molecule has 0 bridgehead atoms. The molecule has 2 aromatic heterocycles. The molecular formula is C13H9NO3S2. The highest BCUT2D eigenvalue weighted by Gasteiger charge is 2.13. The molecule has 0 aliphatic carbocycles. The van der Waals surface area contributed by atoms with Gasteiger partial charge in [-0.25, -0.2) is 9.78 Å². The fourth-order valence-corrected chi connectivity index (χ4v) is 3.24. The Hall–Kier alpha value is -1.92. The van der Waals surface area contributed by atoms with E-state index >= 15 is 0 Å². The molecule has 0 atom stereocenters. The number of carboxylic acids is 1. The van der Waals surface area contributed by atoms with Crippen LogP contribution in [0.3, 0.4) is 0 Å². The van der Waals surface area contributed by atoms with E-state index in [1.54, 1.807) is 22.8 Å². The van der Waals surface area contributed by atoms with Crippen molar-refractivity contribution in [3.63, 3.8) is 0 Å². The SMILES string of the molecule is O=C(O)c1sccc1OCc1nc2ccccc2s1. The van der Waals surface area contributed by atoms with Crippen LogP contribution in [0, 0.1) is 0 Å². The van der Waals surface area contributed by atoms with E-state index in [-0.39, 0.29) is 11.5 Å². The average molecular weight is 291 g/mol. The van der Waals surface area contributed by atoms with E-state index < -0.39 is 5.97 Å². The smallest absolute Gasteiger partial charge is 0.349 e. The number of fused-ring (bicyclic) bond motifs is 1. The van der Waals surface area contributed by atoms with Crippen LogP contribution in [0.15, 0.2) is 35.7 Å². The average Bonchev–Trinajstić information content (AvgIpc) is 3.02. The molecule has 0 unspecified atom stereocenters. The lowest BCUT2D eigenvalue weighted by atomic mass is 10.3. The normalized spacial score (nSPS) is 10.7. The first-order valence-electron chi connectivity index (χ1n) is 5.52. The zero-order chi connectivity index (χ0) is 13.2. The number of carboxylic acid groups (broad SMARTS) is 1. The van der Waals surface area contributed by atoms with Gasteiger partial charge in [0.15, 0.2) is 4.88 Å². The van der Waals surface area contributed by atoms with Gasteiger partial charge in [-0.2, -0.15) is 0 Å². The van der Waals surface area contributed by atoms with Gasteiger partial charge < -0.3 is 9.84 Å². The maximum Gasteiger partial charge on any atom is 0.349 e. The van der Waals surface area contributed by atoms with Crippen molar-refractivity contribution in [1.82, 2.24) is 4.98 Å². The molecule has 0 saturated carbocycles. The predicted molar refractivity (Wildman–Crippen MR) is 75.2 cm³/mol. The standard InChI is InChI=1S/C13H9NO3S2/c15-13(16)12-9(5-6-18-12)17-7-11-14-8-3-1-2-4-10(8)19-11/h1-6H,7H2,(H,15,16). The van der Waals surface area contributed by atoms with Crippen LogP contribution >= 0.6 is 22.7 Å². The van der Waals surface area contributed by atoms with E-state index in [4.69, 9.17) is 9.84 Å². The topological polar surface area (TPSA) is 59.4 Å². The second-order valence-electron chi connectivity index (χ2n) is 3.78. The summed E-state index contributed by atoms with van der Waals surface area (Å²) in [6.45, 7) is 0.288. The Morgan fingerprint density at radius 3 is 2.95 bits per heavy atom. The number of hydrogen-bond acceptors (Lipinski definition) is 5. The fourth-order valence-electron chi connectivity index (χ4n) is 1.69. The number of thiophene rings is 1. The number of aromatic carboxylic acids is 1. The molecule has 0 aliphatic heterocycles. The number of nitrogens with zero attached hydrogens (tertiary/aromatic N) is 1. The molecule has 6 heteroatoms. The maximum absolute atomic E-state index is 11.0. The number of thiazole rings is 1. The van der Waals surface area contributed by atoms with Crippen LogP contribution in [0.4, 0.5) is 0 Å². The number of carbonyl (C=O) groups is 1. The molecule has 0 spiro atoms. The molecule has 0 fully saturated rings. The third-order valence-electron chi connectivity index (χ3n) is 2.51. The monoisotopic (exact) mass is 291 g/mol. The summed E-state index contributed by atoms with van der Waals surface area (Å²) in [5.74, 6) is -0.564. The first kappa shape index (κ1) is 12.1. The van der Waals surface area contributed by atoms with E-state index in [9.17, 15) is 4.79 Å². The number of para-hydroxylation sites is 1. The molecule has 3 rings (SSSR count). The van der Waals surface area contributed by atoms with Crippen LogP contribution in [0.5, 0.6) is 5.75 Å². The number of benzene rings is 1. The van der Waals surface area contributed by atoms with E-state index in [2.05, 4.69) is 4.98 Å². The van der Waals surface area contributed by atoms with Gasteiger partial charge in [-0.15, -0.1) is 22.7 Å². The molecule has 3 aromatic rings. The van der Waals surface area contributed by atoms with E-state index in [0.29, 0.717) is 5.75 Å². The minimum atomic E-state index is -0.964. The highest BCUT2D eigenvalue weighted by atomic mass is 32.1. The van der Waals surface area contributed by atoms with Crippen molar-refractivity contribution in [3.8, 4) is 5.75 Å². The first-order valence-corrected chi connectivity index (χ1v) is 7.21. The van der Waals surface area contributed by atoms with Crippen molar-refractivity contribution in [1.29, 1.82) is 0 Å². The molecule has 96 valence electrons. The Balaban J connectivity index is 1.78. The Morgan fingerprint density at radius 1 is 1.32 bits per heavy atom. The van der Waals surface area contributed by atoms with Gasteiger partial charge in [-0.3, -0.25) is 0 Å². The van der Waals surface area contributed by atoms with Gasteiger partial charge in [0.2, 0.25) is 0 Å². The summed E-state index contributed by atoms with van der Waals surface area (Å²) in [5.41, 5.74) is 0.940. The van der Waals surface area contributed by atoms with Crippen LogP contribution in [0.25, 0.3) is 10.2 Å². The lowest BCUT2D eigenvalue weighted by Crippen LogP contribution is -1.99. The summed E-state index contributed by atoms with van der Waals surface area (Å²) in [7, 11) is 0. The number of hydrogen-bond donors (Lipinski definition) is 1. The van der Waals surface area contributed by atoms with Gasteiger partial charge in [0.1, 0.15) is 17.4 Å². The zero-order valence-electron chi connectivity index (χ0n) is 9.70. The molecule has 0 radical (unpaired) electrons. The molecule has 19 heavy (non-hydrogen) atoms. The molecule has 2 heterocycles. The minimum absolute atomic E-state index is 0.223. The van der Waals surface area contributed by atoms with Crippen molar-refractivity contribution in [2.75, 3.05) is 0 Å². The minimum Gasteiger partial charge on any atom is -0.485 e. The quantitative estimate of drug-likeness (QED) is 0.797. The molecule has 1 N–H and O–H groups in total. The van der Waals surface area contributed by atoms with Crippen LogP contribution in [0.1, 0.15) is 14.7 Å². The third-order valence-corrected chi connectivity index (χ3v) is 4.41. The van der Waals surface area contributed by atoms with Crippen molar-refractivity contribution in [2.24, 2.45) is 0 Å². The van der Waals surface area contributed by atoms with Gasteiger partial charge >= 0.3 is 5.97 Å². The number of aromatic nitrogens is 1. The first-order chi connectivity index (χ1) is 9.24. The highest BCUT2D eigenvalue weighted by Crippen LogP contribution is 2.27. The molecule has 0 aliphatic rings. The van der Waals surface area contributed by atoms with Crippen molar-refractivity contribution < 1.29 is 14.6 Å². The summed E-state index contributed by atoms with van der Waals surface area (Å²) >= 11 is 2.71. The Bertz CT molecular complexity index is 699. The van der Waals surface area contributed by atoms with Crippen LogP contribution in [-0.2, 0) is 6.61 Å². The number of ether oxygens (including phenoxy) is 1. The summed E-state index contributed by atoms with van der Waals surface area (Å²) in [4.78, 5) is 15.6. The number of rotatable bonds is 4. The third kappa shape index (κ3) is 2.45. The summed E-state index contributed by atoms with van der Waals surface area (Å²) in [6.07, 6.45) is 0. The molecule has 1 aromatic carbocycles. The molecular weight excluding hydrogens is 282 g/mol. The highest BCUT2D eigenvalue weighted by molar-refractivity contribution is 7.18. The van der Waals surface area contributed by atoms with Gasteiger partial charge in [0, 0.05) is 0 Å². The molecule has 0 saturated heterocycles. The van der Waals surface area contributed by atoms with Gasteiger partial charge in [0.25, 0.3) is 0 Å². The van der Waals surface area contributed by atoms with E-state index in [0.717, 1.165) is 26.6 Å². The Kier molecular flexibility index (Phi) is 3.18. The Labute approximate surface area is 116 Å². The lowest BCUT2D eigenvalue weighted by Gasteiger charge is -2.02. The summed E-state index contributed by atoms with van der Waals surface area (Å²) in [5, 5.41) is 11.5. The molecule has 4 nitrogen and oxygen atoms in total. The van der Waals surface area contributed by atoms with Crippen LogP contribution in [-0.4, -0.2) is 16.1 Å². The largest absolute Gasteiger partial charge is 0.485 e. The van der Waals surface area contributed by atoms with Gasteiger partial charge in [-0.05, 0) is 23.6 Å². The molecule has 0 amide bonds. The van der Waals surface area contributed by atoms with Crippen molar-refractivity contribution in [2.45, 2.75) is 6.61 Å². The van der Waals surface area contributed by atoms with Gasteiger partial charge in [0.05, 0.1) is 10.2 Å². The van der Waals surface area contributed by atoms with Crippen LogP contribution in [0.2, 0.25) is 0 Å². The predicted octanol–water partition coefficient (Wildman–Crippen LogP) is 3.64. The van der Waals surface area contributed by atoms with Gasteiger partial charge in [-0.1, -0.05) is 12.1 Å².